The topological polar surface area (TPSA) is 20.7 Å². The SMILES string of the molecule is Cln1[c]c(-c2cc3cc(Br)ccc3[nH]2)c2ccccc21. The highest BCUT2D eigenvalue weighted by Crippen LogP contribution is 2.32. The van der Waals surface area contributed by atoms with Crippen LogP contribution in [0.4, 0.5) is 0 Å². The van der Waals surface area contributed by atoms with Gasteiger partial charge in [0.2, 0.25) is 0 Å². The molecule has 0 spiro atoms. The largest absolute Gasteiger partial charge is 0.354 e. The minimum absolute atomic E-state index is 0.962. The van der Waals surface area contributed by atoms with Crippen molar-refractivity contribution in [1.82, 2.24) is 9.07 Å². The van der Waals surface area contributed by atoms with Gasteiger partial charge >= 0.3 is 0 Å². The maximum atomic E-state index is 6.19. The minimum atomic E-state index is 0.962. The van der Waals surface area contributed by atoms with Gasteiger partial charge in [0.05, 0.1) is 11.7 Å². The van der Waals surface area contributed by atoms with Crippen molar-refractivity contribution < 1.29 is 0 Å². The Morgan fingerprint density at radius 1 is 1.10 bits per heavy atom. The average molecular weight is 345 g/mol. The molecule has 0 saturated heterocycles. The minimum Gasteiger partial charge on any atom is -0.354 e. The normalized spacial score (nSPS) is 11.5. The predicted molar refractivity (Wildman–Crippen MR) is 87.0 cm³/mol. The molecule has 0 aliphatic heterocycles. The van der Waals surface area contributed by atoms with Crippen LogP contribution in [0.15, 0.2) is 53.0 Å². The number of hydrogen-bond donors (Lipinski definition) is 1. The third-order valence-electron chi connectivity index (χ3n) is 3.45. The number of hydrogen-bond acceptors (Lipinski definition) is 0. The standard InChI is InChI=1S/C16H9BrClN2/c17-11-5-6-14-10(7-11)8-15(19-14)13-9-20(18)16-4-2-1-3-12(13)16/h1-8,19H. The van der Waals surface area contributed by atoms with Crippen molar-refractivity contribution in [2.75, 3.05) is 0 Å². The number of fused-ring (bicyclic) bond motifs is 2. The number of H-pyrrole nitrogens is 1. The Balaban J connectivity index is 2.01. The molecule has 2 heterocycles. The molecule has 0 unspecified atom stereocenters. The Bertz CT molecular complexity index is 936. The highest BCUT2D eigenvalue weighted by molar-refractivity contribution is 9.10. The molecular formula is C16H9BrClN2. The first-order valence-corrected chi connectivity index (χ1v) is 7.33. The highest BCUT2D eigenvalue weighted by Gasteiger charge is 2.12. The van der Waals surface area contributed by atoms with Gasteiger partial charge in [0, 0.05) is 43.8 Å². The first kappa shape index (κ1) is 12.1. The number of rotatable bonds is 1. The van der Waals surface area contributed by atoms with Crippen molar-refractivity contribution in [2.24, 2.45) is 0 Å². The summed E-state index contributed by atoms with van der Waals surface area (Å²) in [6, 6.07) is 16.3. The van der Waals surface area contributed by atoms with E-state index >= 15 is 0 Å². The van der Waals surface area contributed by atoms with E-state index < -0.39 is 0 Å². The van der Waals surface area contributed by atoms with Crippen LogP contribution in [0.2, 0.25) is 0 Å². The van der Waals surface area contributed by atoms with Gasteiger partial charge in [-0.3, -0.25) is 4.09 Å². The summed E-state index contributed by atoms with van der Waals surface area (Å²) in [5.41, 5.74) is 4.07. The van der Waals surface area contributed by atoms with Gasteiger partial charge in [-0.1, -0.05) is 34.1 Å². The molecule has 20 heavy (non-hydrogen) atoms. The number of aromatic nitrogens is 2. The second-order valence-corrected chi connectivity index (χ2v) is 5.95. The fourth-order valence-corrected chi connectivity index (χ4v) is 3.13. The number of para-hydroxylation sites is 1. The van der Waals surface area contributed by atoms with Crippen molar-refractivity contribution in [1.29, 1.82) is 0 Å². The van der Waals surface area contributed by atoms with Crippen molar-refractivity contribution >= 4 is 49.5 Å². The molecule has 1 radical (unpaired) electrons. The van der Waals surface area contributed by atoms with E-state index in [-0.39, 0.29) is 0 Å². The van der Waals surface area contributed by atoms with Crippen LogP contribution in [0.3, 0.4) is 0 Å². The molecule has 0 amide bonds. The molecule has 0 fully saturated rings. The molecule has 97 valence electrons. The Labute approximate surface area is 129 Å². The van der Waals surface area contributed by atoms with Gasteiger partial charge in [0.1, 0.15) is 0 Å². The zero-order chi connectivity index (χ0) is 13.7. The van der Waals surface area contributed by atoms with E-state index in [2.05, 4.69) is 51.4 Å². The summed E-state index contributed by atoms with van der Waals surface area (Å²) in [7, 11) is 0. The molecule has 1 N–H and O–H groups in total. The summed E-state index contributed by atoms with van der Waals surface area (Å²) in [4.78, 5) is 3.42. The fourth-order valence-electron chi connectivity index (χ4n) is 2.52. The van der Waals surface area contributed by atoms with Gasteiger partial charge in [-0.05, 0) is 30.3 Å². The Morgan fingerprint density at radius 2 is 1.95 bits per heavy atom. The van der Waals surface area contributed by atoms with Crippen molar-refractivity contribution in [3.63, 3.8) is 0 Å². The molecule has 4 rings (SSSR count). The van der Waals surface area contributed by atoms with E-state index in [1.165, 1.54) is 4.09 Å². The van der Waals surface area contributed by atoms with Crippen LogP contribution in [-0.4, -0.2) is 9.07 Å². The Kier molecular flexibility index (Phi) is 2.65. The van der Waals surface area contributed by atoms with Gasteiger partial charge in [-0.25, -0.2) is 0 Å². The van der Waals surface area contributed by atoms with Gasteiger partial charge < -0.3 is 4.98 Å². The summed E-state index contributed by atoms with van der Waals surface area (Å²) in [5, 5.41) is 2.25. The number of nitrogens with zero attached hydrogens (tertiary/aromatic N) is 1. The molecule has 2 aromatic carbocycles. The lowest BCUT2D eigenvalue weighted by Crippen LogP contribution is -1.74. The second-order valence-electron chi connectivity index (χ2n) is 4.70. The zero-order valence-electron chi connectivity index (χ0n) is 10.3. The first-order valence-electron chi connectivity index (χ1n) is 6.20. The van der Waals surface area contributed by atoms with E-state index in [0.29, 0.717) is 0 Å². The quantitative estimate of drug-likeness (QED) is 0.480. The summed E-state index contributed by atoms with van der Waals surface area (Å²) < 4.78 is 2.59. The molecule has 4 heteroatoms. The molecule has 2 aromatic heterocycles. The molecule has 4 aromatic rings. The molecule has 0 aliphatic rings. The third-order valence-corrected chi connectivity index (χ3v) is 4.21. The number of nitrogens with one attached hydrogen (secondary N) is 1. The van der Waals surface area contributed by atoms with Crippen molar-refractivity contribution in [2.45, 2.75) is 0 Å². The third kappa shape index (κ3) is 1.78. The van der Waals surface area contributed by atoms with Crippen LogP contribution < -0.4 is 0 Å². The highest BCUT2D eigenvalue weighted by atomic mass is 79.9. The number of halogens is 2. The number of benzene rings is 2. The first-order chi connectivity index (χ1) is 9.72. The summed E-state index contributed by atoms with van der Waals surface area (Å²) in [6.07, 6.45) is 3.18. The smallest absolute Gasteiger partial charge is 0.0939 e. The van der Waals surface area contributed by atoms with Crippen LogP contribution in [0.25, 0.3) is 33.1 Å². The lowest BCUT2D eigenvalue weighted by molar-refractivity contribution is 1.30. The van der Waals surface area contributed by atoms with E-state index in [0.717, 1.165) is 37.5 Å². The molecular weight excluding hydrogens is 336 g/mol. The zero-order valence-corrected chi connectivity index (χ0v) is 12.7. The maximum Gasteiger partial charge on any atom is 0.0939 e. The monoisotopic (exact) mass is 343 g/mol. The molecule has 0 aliphatic carbocycles. The summed E-state index contributed by atoms with van der Waals surface area (Å²) >= 11 is 9.69. The van der Waals surface area contributed by atoms with Crippen LogP contribution in [0.1, 0.15) is 0 Å². The van der Waals surface area contributed by atoms with Crippen LogP contribution >= 0.6 is 27.7 Å². The van der Waals surface area contributed by atoms with E-state index in [4.69, 9.17) is 11.8 Å². The second kappa shape index (κ2) is 4.40. The van der Waals surface area contributed by atoms with Gasteiger partial charge in [-0.2, -0.15) is 0 Å². The summed E-state index contributed by atoms with van der Waals surface area (Å²) in [6.45, 7) is 0. The van der Waals surface area contributed by atoms with E-state index in [1.54, 1.807) is 0 Å². The van der Waals surface area contributed by atoms with E-state index in [9.17, 15) is 0 Å². The fraction of sp³-hybridized carbons (Fsp3) is 0. The maximum absolute atomic E-state index is 6.19. The van der Waals surface area contributed by atoms with Crippen LogP contribution in [-0.2, 0) is 0 Å². The van der Waals surface area contributed by atoms with Crippen molar-refractivity contribution in [3.05, 3.63) is 59.2 Å². The van der Waals surface area contributed by atoms with Gasteiger partial charge in [0.15, 0.2) is 0 Å². The summed E-state index contributed by atoms with van der Waals surface area (Å²) in [5.74, 6) is 0. The molecule has 0 bridgehead atoms. The Morgan fingerprint density at radius 3 is 2.85 bits per heavy atom. The van der Waals surface area contributed by atoms with Crippen molar-refractivity contribution in [3.8, 4) is 11.3 Å². The molecule has 0 atom stereocenters. The lowest BCUT2D eigenvalue weighted by Gasteiger charge is -1.94. The molecule has 0 saturated carbocycles. The van der Waals surface area contributed by atoms with Gasteiger partial charge in [0.25, 0.3) is 0 Å². The predicted octanol–water partition coefficient (Wildman–Crippen LogP) is 5.35. The average Bonchev–Trinajstić information content (AvgIpc) is 3.00. The van der Waals surface area contributed by atoms with Crippen LogP contribution in [0.5, 0.6) is 0 Å². The Hall–Kier alpha value is -1.71. The number of aromatic amines is 1. The lowest BCUT2D eigenvalue weighted by atomic mass is 10.1. The molecule has 2 nitrogen and oxygen atoms in total. The van der Waals surface area contributed by atoms with E-state index in [1.807, 2.05) is 24.3 Å². The van der Waals surface area contributed by atoms with Crippen LogP contribution in [0, 0.1) is 6.20 Å². The van der Waals surface area contributed by atoms with Gasteiger partial charge in [-0.15, -0.1) is 0 Å².